The number of hydrogen-bond donors (Lipinski definition) is 0. The minimum absolute atomic E-state index is 0.140. The maximum Gasteiger partial charge on any atom is 0.339 e. The van der Waals surface area contributed by atoms with Crippen molar-refractivity contribution >= 4 is 35.1 Å². The maximum absolute atomic E-state index is 13.8. The van der Waals surface area contributed by atoms with Crippen molar-refractivity contribution in [1.82, 2.24) is 0 Å². The molecule has 164 valence electrons. The van der Waals surface area contributed by atoms with E-state index in [1.807, 2.05) is 24.3 Å². The van der Waals surface area contributed by atoms with Crippen LogP contribution in [0.4, 0.5) is 5.69 Å². The fourth-order valence-electron chi connectivity index (χ4n) is 5.95. The van der Waals surface area contributed by atoms with Crippen molar-refractivity contribution in [3.05, 3.63) is 99.6 Å². The first-order valence-electron chi connectivity index (χ1n) is 11.0. The smallest absolute Gasteiger partial charge is 0.339 e. The number of halogens is 1. The van der Waals surface area contributed by atoms with Crippen LogP contribution in [0.25, 0.3) is 0 Å². The number of ether oxygens (including phenoxy) is 1. The minimum atomic E-state index is -0.583. The highest BCUT2D eigenvalue weighted by Gasteiger charge is 2.61. The molecule has 0 aromatic heterocycles. The molecule has 5 nitrogen and oxygen atoms in total. The van der Waals surface area contributed by atoms with Gasteiger partial charge >= 0.3 is 5.97 Å². The molecule has 7 rings (SSSR count). The molecular weight excluding hydrogens is 438 g/mol. The number of nitrogens with zero attached hydrogens (tertiary/aromatic N) is 1. The van der Waals surface area contributed by atoms with Gasteiger partial charge in [0.15, 0.2) is 0 Å². The Hall–Kier alpha value is -3.44. The first-order valence-corrected chi connectivity index (χ1v) is 11.4. The van der Waals surface area contributed by atoms with E-state index >= 15 is 0 Å². The van der Waals surface area contributed by atoms with Crippen molar-refractivity contribution in [3.63, 3.8) is 0 Å². The van der Waals surface area contributed by atoms with Gasteiger partial charge in [0.2, 0.25) is 11.8 Å². The number of carbonyl (C=O) groups excluding carboxylic acids is 3. The zero-order valence-corrected chi connectivity index (χ0v) is 18.6. The van der Waals surface area contributed by atoms with Crippen LogP contribution < -0.4 is 4.90 Å². The van der Waals surface area contributed by atoms with Gasteiger partial charge in [-0.3, -0.25) is 9.59 Å². The second-order valence-electron chi connectivity index (χ2n) is 8.66. The molecule has 1 heterocycles. The van der Waals surface area contributed by atoms with Crippen molar-refractivity contribution in [2.45, 2.75) is 18.8 Å². The summed E-state index contributed by atoms with van der Waals surface area (Å²) in [6.07, 6.45) is 0. The van der Waals surface area contributed by atoms with E-state index in [2.05, 4.69) is 24.3 Å². The van der Waals surface area contributed by atoms with Gasteiger partial charge in [-0.2, -0.15) is 0 Å². The van der Waals surface area contributed by atoms with Crippen molar-refractivity contribution in [2.24, 2.45) is 11.8 Å². The minimum Gasteiger partial charge on any atom is -0.462 e. The lowest BCUT2D eigenvalue weighted by atomic mass is 9.55. The van der Waals surface area contributed by atoms with E-state index in [9.17, 15) is 14.4 Å². The Morgan fingerprint density at radius 1 is 0.848 bits per heavy atom. The highest BCUT2D eigenvalue weighted by Crippen LogP contribution is 2.61. The standard InChI is InChI=1S/C27H20ClNO4/c1-2-33-27(32)19-13-14(11-12-20(19)28)29-25(30)23-21-15-7-3-4-8-16(15)22(24(23)26(29)31)18-10-6-5-9-17(18)21/h3-13,21-24H,2H2,1H3/t21?,22?,23-,24+. The fourth-order valence-corrected chi connectivity index (χ4v) is 6.14. The van der Waals surface area contributed by atoms with Crippen LogP contribution in [-0.2, 0) is 14.3 Å². The summed E-state index contributed by atoms with van der Waals surface area (Å²) in [6, 6.07) is 20.9. The zero-order valence-electron chi connectivity index (χ0n) is 17.8. The van der Waals surface area contributed by atoms with Gasteiger partial charge in [-0.15, -0.1) is 0 Å². The highest BCUT2D eigenvalue weighted by atomic mass is 35.5. The van der Waals surface area contributed by atoms with Crippen LogP contribution in [0.2, 0.25) is 5.02 Å². The van der Waals surface area contributed by atoms with Crippen molar-refractivity contribution in [3.8, 4) is 0 Å². The van der Waals surface area contributed by atoms with Crippen molar-refractivity contribution in [1.29, 1.82) is 0 Å². The number of benzene rings is 3. The van der Waals surface area contributed by atoms with E-state index in [4.69, 9.17) is 16.3 Å². The van der Waals surface area contributed by atoms with Gasteiger partial charge in [0, 0.05) is 11.8 Å². The summed E-state index contributed by atoms with van der Waals surface area (Å²) in [4.78, 5) is 41.2. The summed E-state index contributed by atoms with van der Waals surface area (Å²) < 4.78 is 5.09. The molecule has 1 fully saturated rings. The topological polar surface area (TPSA) is 63.7 Å². The van der Waals surface area contributed by atoms with Gasteiger partial charge in [-0.25, -0.2) is 9.69 Å². The molecule has 3 aromatic carbocycles. The van der Waals surface area contributed by atoms with E-state index < -0.39 is 17.8 Å². The molecule has 2 amide bonds. The Bertz CT molecular complexity index is 1230. The number of amides is 2. The van der Waals surface area contributed by atoms with E-state index in [1.54, 1.807) is 13.0 Å². The lowest BCUT2D eigenvalue weighted by Gasteiger charge is -2.45. The maximum atomic E-state index is 13.8. The van der Waals surface area contributed by atoms with E-state index in [-0.39, 0.29) is 40.8 Å². The molecule has 3 aromatic rings. The third kappa shape index (κ3) is 2.69. The summed E-state index contributed by atoms with van der Waals surface area (Å²) >= 11 is 6.22. The van der Waals surface area contributed by atoms with Crippen molar-refractivity contribution < 1.29 is 19.1 Å². The molecule has 0 radical (unpaired) electrons. The molecule has 1 saturated heterocycles. The van der Waals surface area contributed by atoms with Gasteiger partial charge < -0.3 is 4.74 Å². The first kappa shape index (κ1) is 20.2. The fraction of sp³-hybridized carbons (Fsp3) is 0.222. The molecule has 33 heavy (non-hydrogen) atoms. The summed E-state index contributed by atoms with van der Waals surface area (Å²) in [5.74, 6) is -2.36. The van der Waals surface area contributed by atoms with Crippen LogP contribution in [0, 0.1) is 11.8 Å². The van der Waals surface area contributed by atoms with Crippen LogP contribution in [0.3, 0.4) is 0 Å². The molecular formula is C27H20ClNO4. The number of anilines is 1. The second-order valence-corrected chi connectivity index (χ2v) is 9.07. The van der Waals surface area contributed by atoms with Crippen molar-refractivity contribution in [2.75, 3.05) is 11.5 Å². The summed E-state index contributed by atoms with van der Waals surface area (Å²) in [5, 5.41) is 0.216. The molecule has 0 unspecified atom stereocenters. The molecule has 0 N–H and O–H groups in total. The predicted molar refractivity (Wildman–Crippen MR) is 123 cm³/mol. The SMILES string of the molecule is CCOC(=O)c1cc(N2C(=O)[C@@H]3C4c5ccccc5C(c5ccccc54)[C@@H]3C2=O)ccc1Cl. The molecule has 2 bridgehead atoms. The lowest BCUT2D eigenvalue weighted by Crippen LogP contribution is -2.41. The number of imide groups is 1. The Morgan fingerprint density at radius 2 is 1.33 bits per heavy atom. The molecule has 4 aliphatic rings. The Morgan fingerprint density at radius 3 is 1.79 bits per heavy atom. The molecule has 6 heteroatoms. The van der Waals surface area contributed by atoms with Crippen LogP contribution in [0.15, 0.2) is 66.7 Å². The van der Waals surface area contributed by atoms with Gasteiger partial charge in [0.25, 0.3) is 0 Å². The van der Waals surface area contributed by atoms with Gasteiger partial charge in [-0.05, 0) is 47.4 Å². The third-order valence-electron chi connectivity index (χ3n) is 7.15. The zero-order chi connectivity index (χ0) is 22.9. The molecule has 0 spiro atoms. The summed E-state index contributed by atoms with van der Waals surface area (Å²) in [6.45, 7) is 1.91. The second kappa shape index (κ2) is 7.29. The van der Waals surface area contributed by atoms with Crippen LogP contribution >= 0.6 is 11.6 Å². The predicted octanol–water partition coefficient (Wildman–Crippen LogP) is 4.91. The largest absolute Gasteiger partial charge is 0.462 e. The normalized spacial score (nSPS) is 24.4. The number of rotatable bonds is 3. The van der Waals surface area contributed by atoms with E-state index in [1.165, 1.54) is 17.0 Å². The Kier molecular flexibility index (Phi) is 4.46. The van der Waals surface area contributed by atoms with Gasteiger partial charge in [0.05, 0.1) is 34.7 Å². The third-order valence-corrected chi connectivity index (χ3v) is 7.48. The first-order chi connectivity index (χ1) is 16.0. The number of hydrogen-bond acceptors (Lipinski definition) is 4. The molecule has 0 saturated carbocycles. The quantitative estimate of drug-likeness (QED) is 0.414. The average molecular weight is 458 g/mol. The molecule has 3 aliphatic carbocycles. The van der Waals surface area contributed by atoms with Crippen LogP contribution in [0.5, 0.6) is 0 Å². The molecule has 2 atom stereocenters. The van der Waals surface area contributed by atoms with Gasteiger partial charge in [-0.1, -0.05) is 60.1 Å². The summed E-state index contributed by atoms with van der Waals surface area (Å²) in [5.41, 5.74) is 4.96. The van der Waals surface area contributed by atoms with E-state index in [0.717, 1.165) is 22.3 Å². The monoisotopic (exact) mass is 457 g/mol. The average Bonchev–Trinajstić information content (AvgIpc) is 3.10. The highest BCUT2D eigenvalue weighted by molar-refractivity contribution is 6.34. The number of esters is 1. The van der Waals surface area contributed by atoms with E-state index in [0.29, 0.717) is 5.69 Å². The summed E-state index contributed by atoms with van der Waals surface area (Å²) in [7, 11) is 0. The van der Waals surface area contributed by atoms with Crippen LogP contribution in [0.1, 0.15) is 51.4 Å². The Labute approximate surface area is 195 Å². The number of carbonyl (C=O) groups is 3. The Balaban J connectivity index is 1.49. The molecule has 1 aliphatic heterocycles. The lowest BCUT2D eigenvalue weighted by molar-refractivity contribution is -0.122. The van der Waals surface area contributed by atoms with Crippen LogP contribution in [-0.4, -0.2) is 24.4 Å². The van der Waals surface area contributed by atoms with Gasteiger partial charge in [0.1, 0.15) is 0 Å².